The first kappa shape index (κ1) is 14.2. The van der Waals surface area contributed by atoms with Gasteiger partial charge in [0.25, 0.3) is 0 Å². The minimum absolute atomic E-state index is 0.0520. The van der Waals surface area contributed by atoms with Crippen molar-refractivity contribution >= 4 is 23.6 Å². The van der Waals surface area contributed by atoms with E-state index in [0.29, 0.717) is 11.8 Å². The number of carbonyl (C=O) groups is 2. The number of nitrogens with one attached hydrogen (secondary N) is 1. The third-order valence-corrected chi connectivity index (χ3v) is 7.05. The molecule has 1 aliphatic carbocycles. The Morgan fingerprint density at radius 1 is 1.45 bits per heavy atom. The highest BCUT2D eigenvalue weighted by molar-refractivity contribution is 8.01. The lowest BCUT2D eigenvalue weighted by Crippen LogP contribution is -2.52. The molecule has 0 spiro atoms. The Morgan fingerprint density at radius 3 is 2.80 bits per heavy atom. The molecule has 0 unspecified atom stereocenters. The molecule has 3 aliphatic rings. The standard InChI is InChI=1S/C15H24N2O2S/c1-3-15(6-4-7-15)10-16-13(19)11-9-20-14(2)8-5-12(18)17(11)14/h11H,3-10H2,1-2H3,(H,16,19)/t11-,14-/m0/s1. The van der Waals surface area contributed by atoms with Crippen LogP contribution in [-0.2, 0) is 9.59 Å². The average molecular weight is 296 g/mol. The quantitative estimate of drug-likeness (QED) is 0.864. The number of amides is 2. The lowest BCUT2D eigenvalue weighted by atomic mass is 9.67. The molecule has 0 radical (unpaired) electrons. The fourth-order valence-corrected chi connectivity index (χ4v) is 5.17. The van der Waals surface area contributed by atoms with Crippen LogP contribution in [0.1, 0.15) is 52.4 Å². The monoisotopic (exact) mass is 296 g/mol. The Bertz CT molecular complexity index is 430. The van der Waals surface area contributed by atoms with Crippen molar-refractivity contribution in [2.45, 2.75) is 63.3 Å². The van der Waals surface area contributed by atoms with Gasteiger partial charge in [0.2, 0.25) is 11.8 Å². The Balaban J connectivity index is 1.62. The van der Waals surface area contributed by atoms with Gasteiger partial charge in [-0.25, -0.2) is 0 Å². The Labute approximate surface area is 125 Å². The van der Waals surface area contributed by atoms with E-state index in [0.717, 1.165) is 25.1 Å². The number of hydrogen-bond acceptors (Lipinski definition) is 3. The van der Waals surface area contributed by atoms with Crippen molar-refractivity contribution in [2.75, 3.05) is 12.3 Å². The van der Waals surface area contributed by atoms with Crippen LogP contribution in [0, 0.1) is 5.41 Å². The summed E-state index contributed by atoms with van der Waals surface area (Å²) in [5.74, 6) is 0.940. The molecule has 4 nitrogen and oxygen atoms in total. The molecule has 5 heteroatoms. The lowest BCUT2D eigenvalue weighted by Gasteiger charge is -2.41. The molecule has 1 saturated carbocycles. The van der Waals surface area contributed by atoms with Crippen LogP contribution in [0.15, 0.2) is 0 Å². The third kappa shape index (κ3) is 2.14. The van der Waals surface area contributed by atoms with Gasteiger partial charge in [0.05, 0.1) is 4.87 Å². The van der Waals surface area contributed by atoms with Gasteiger partial charge >= 0.3 is 0 Å². The molecule has 3 fully saturated rings. The summed E-state index contributed by atoms with van der Waals surface area (Å²) >= 11 is 1.76. The second kappa shape index (κ2) is 4.93. The van der Waals surface area contributed by atoms with Crippen molar-refractivity contribution in [1.29, 1.82) is 0 Å². The van der Waals surface area contributed by atoms with Gasteiger partial charge in [-0.15, -0.1) is 11.8 Å². The SMILES string of the molecule is CCC1(CNC(=O)[C@@H]2CS[C@@]3(C)CCC(=O)N23)CCC1. The van der Waals surface area contributed by atoms with E-state index in [-0.39, 0.29) is 22.7 Å². The van der Waals surface area contributed by atoms with Crippen molar-refractivity contribution in [2.24, 2.45) is 5.41 Å². The van der Waals surface area contributed by atoms with E-state index < -0.39 is 0 Å². The highest BCUT2D eigenvalue weighted by Crippen LogP contribution is 2.47. The van der Waals surface area contributed by atoms with Crippen molar-refractivity contribution < 1.29 is 9.59 Å². The molecule has 0 bridgehead atoms. The molecule has 1 N–H and O–H groups in total. The summed E-state index contributed by atoms with van der Waals surface area (Å²) in [5.41, 5.74) is 0.333. The Morgan fingerprint density at radius 2 is 2.20 bits per heavy atom. The maximum Gasteiger partial charge on any atom is 0.243 e. The largest absolute Gasteiger partial charge is 0.354 e. The molecule has 2 aliphatic heterocycles. The van der Waals surface area contributed by atoms with Gasteiger partial charge in [-0.1, -0.05) is 13.3 Å². The van der Waals surface area contributed by atoms with Gasteiger partial charge in [0, 0.05) is 18.7 Å². The van der Waals surface area contributed by atoms with Crippen molar-refractivity contribution in [3.05, 3.63) is 0 Å². The topological polar surface area (TPSA) is 49.4 Å². The number of nitrogens with zero attached hydrogens (tertiary/aromatic N) is 1. The molecule has 0 aromatic heterocycles. The fraction of sp³-hybridized carbons (Fsp3) is 0.867. The highest BCUT2D eigenvalue weighted by atomic mass is 32.2. The first-order valence-electron chi connectivity index (χ1n) is 7.74. The molecule has 2 atom stereocenters. The maximum absolute atomic E-state index is 12.5. The van der Waals surface area contributed by atoms with E-state index in [1.54, 1.807) is 11.8 Å². The van der Waals surface area contributed by atoms with Crippen LogP contribution < -0.4 is 5.32 Å². The minimum atomic E-state index is -0.256. The van der Waals surface area contributed by atoms with Crippen LogP contribution >= 0.6 is 11.8 Å². The Hall–Kier alpha value is -0.710. The fourth-order valence-electron chi connectivity index (χ4n) is 3.74. The highest BCUT2D eigenvalue weighted by Gasteiger charge is 2.53. The van der Waals surface area contributed by atoms with Gasteiger partial charge in [0.1, 0.15) is 6.04 Å². The smallest absolute Gasteiger partial charge is 0.243 e. The molecule has 2 heterocycles. The number of rotatable bonds is 4. The van der Waals surface area contributed by atoms with Crippen molar-refractivity contribution in [1.82, 2.24) is 10.2 Å². The molecule has 3 rings (SSSR count). The van der Waals surface area contributed by atoms with E-state index in [1.807, 2.05) is 4.90 Å². The van der Waals surface area contributed by atoms with Crippen molar-refractivity contribution in [3.8, 4) is 0 Å². The zero-order valence-electron chi connectivity index (χ0n) is 12.4. The first-order valence-corrected chi connectivity index (χ1v) is 8.72. The summed E-state index contributed by atoms with van der Waals surface area (Å²) in [6, 6.07) is -0.256. The van der Waals surface area contributed by atoms with Crippen LogP contribution in [0.25, 0.3) is 0 Å². The predicted octanol–water partition coefficient (Wildman–Crippen LogP) is 2.14. The summed E-state index contributed by atoms with van der Waals surface area (Å²) in [6.45, 7) is 5.08. The second-order valence-electron chi connectivity index (χ2n) is 6.69. The summed E-state index contributed by atoms with van der Waals surface area (Å²) in [4.78, 5) is 26.2. The molecule has 2 amide bonds. The summed E-state index contributed by atoms with van der Waals surface area (Å²) in [5, 5.41) is 3.12. The zero-order chi connectivity index (χ0) is 14.4. The summed E-state index contributed by atoms with van der Waals surface area (Å²) < 4.78 is 0. The number of thioether (sulfide) groups is 1. The van der Waals surface area contributed by atoms with E-state index >= 15 is 0 Å². The molecule has 0 aromatic carbocycles. The number of carbonyl (C=O) groups excluding carboxylic acids is 2. The van der Waals surface area contributed by atoms with Crippen molar-refractivity contribution in [3.63, 3.8) is 0 Å². The molecule has 112 valence electrons. The second-order valence-corrected chi connectivity index (χ2v) is 8.19. The third-order valence-electron chi connectivity index (χ3n) is 5.55. The first-order chi connectivity index (χ1) is 9.50. The van der Waals surface area contributed by atoms with Gasteiger partial charge in [-0.3, -0.25) is 9.59 Å². The van der Waals surface area contributed by atoms with E-state index in [4.69, 9.17) is 0 Å². The summed E-state index contributed by atoms with van der Waals surface area (Å²) in [6.07, 6.45) is 6.33. The van der Waals surface area contributed by atoms with Crippen LogP contribution in [0.5, 0.6) is 0 Å². The molecule has 2 saturated heterocycles. The molecular formula is C15H24N2O2S. The van der Waals surface area contributed by atoms with Gasteiger partial charge < -0.3 is 10.2 Å². The minimum Gasteiger partial charge on any atom is -0.354 e. The van der Waals surface area contributed by atoms with E-state index in [2.05, 4.69) is 19.2 Å². The Kier molecular flexibility index (Phi) is 3.51. The van der Waals surface area contributed by atoms with E-state index in [9.17, 15) is 9.59 Å². The molecule has 20 heavy (non-hydrogen) atoms. The van der Waals surface area contributed by atoms with E-state index in [1.165, 1.54) is 19.3 Å². The zero-order valence-corrected chi connectivity index (χ0v) is 13.2. The predicted molar refractivity (Wildman–Crippen MR) is 80.3 cm³/mol. The van der Waals surface area contributed by atoms with Gasteiger partial charge in [-0.2, -0.15) is 0 Å². The maximum atomic E-state index is 12.5. The van der Waals surface area contributed by atoms with Gasteiger partial charge in [-0.05, 0) is 38.0 Å². The van der Waals surface area contributed by atoms with Gasteiger partial charge in [0.15, 0.2) is 0 Å². The normalized spacial score (nSPS) is 34.8. The number of fused-ring (bicyclic) bond motifs is 1. The van der Waals surface area contributed by atoms with Crippen LogP contribution in [0.3, 0.4) is 0 Å². The van der Waals surface area contributed by atoms with Crippen LogP contribution in [0.4, 0.5) is 0 Å². The van der Waals surface area contributed by atoms with Crippen LogP contribution in [-0.4, -0.2) is 39.9 Å². The lowest BCUT2D eigenvalue weighted by molar-refractivity contribution is -0.138. The molecular weight excluding hydrogens is 272 g/mol. The average Bonchev–Trinajstić information content (AvgIpc) is 2.86. The molecule has 0 aromatic rings. The number of hydrogen-bond donors (Lipinski definition) is 1. The summed E-state index contributed by atoms with van der Waals surface area (Å²) in [7, 11) is 0. The van der Waals surface area contributed by atoms with Crippen LogP contribution in [0.2, 0.25) is 0 Å².